The summed E-state index contributed by atoms with van der Waals surface area (Å²) in [5.41, 5.74) is 2.25. The summed E-state index contributed by atoms with van der Waals surface area (Å²) >= 11 is 0. The molecule has 0 aliphatic carbocycles. The Balaban J connectivity index is 0.00000108. The van der Waals surface area contributed by atoms with Crippen LogP contribution in [-0.4, -0.2) is 44.5 Å². The fourth-order valence-corrected chi connectivity index (χ4v) is 3.64. The third kappa shape index (κ3) is 10.8. The van der Waals surface area contributed by atoms with Gasteiger partial charge < -0.3 is 24.1 Å². The van der Waals surface area contributed by atoms with Crippen molar-refractivity contribution in [2.45, 2.75) is 59.6 Å². The van der Waals surface area contributed by atoms with E-state index in [1.807, 2.05) is 39.0 Å². The molecule has 41 heavy (non-hydrogen) atoms. The van der Waals surface area contributed by atoms with Gasteiger partial charge in [-0.05, 0) is 48.2 Å². The number of anilines is 1. The van der Waals surface area contributed by atoms with Gasteiger partial charge in [-0.15, -0.1) is 0 Å². The molecule has 226 valence electrons. The highest BCUT2D eigenvalue weighted by molar-refractivity contribution is 5.85. The van der Waals surface area contributed by atoms with Crippen LogP contribution in [0.3, 0.4) is 0 Å². The summed E-state index contributed by atoms with van der Waals surface area (Å²) in [6.45, 7) is 12.1. The third-order valence-electron chi connectivity index (χ3n) is 5.56. The third-order valence-corrected chi connectivity index (χ3v) is 5.56. The van der Waals surface area contributed by atoms with Gasteiger partial charge in [0.25, 0.3) is 0 Å². The van der Waals surface area contributed by atoms with Gasteiger partial charge in [0, 0.05) is 24.7 Å². The van der Waals surface area contributed by atoms with Gasteiger partial charge in [-0.1, -0.05) is 51.1 Å². The lowest BCUT2D eigenvalue weighted by Gasteiger charge is -2.13. The first-order valence-corrected chi connectivity index (χ1v) is 13.3. The van der Waals surface area contributed by atoms with Crippen LogP contribution in [0.2, 0.25) is 0 Å². The Bertz CT molecular complexity index is 1270. The predicted octanol–water partition coefficient (Wildman–Crippen LogP) is 7.24. The number of aryl methyl sites for hydroxylation is 1. The first-order valence-electron chi connectivity index (χ1n) is 13.3. The lowest BCUT2D eigenvalue weighted by Crippen LogP contribution is -2.10. The Morgan fingerprint density at radius 3 is 2.37 bits per heavy atom. The van der Waals surface area contributed by atoms with Crippen LogP contribution >= 0.6 is 0 Å². The second-order valence-corrected chi connectivity index (χ2v) is 8.40. The molecule has 3 aromatic rings. The molecule has 2 aromatic carbocycles. The van der Waals surface area contributed by atoms with Crippen molar-refractivity contribution in [3.05, 3.63) is 59.3 Å². The lowest BCUT2D eigenvalue weighted by atomic mass is 10.0. The minimum Gasteiger partial charge on any atom is -0.493 e. The molecular weight excluding hydrogens is 541 g/mol. The topological polar surface area (TPSA) is 99.9 Å². The Morgan fingerprint density at radius 2 is 1.80 bits per heavy atom. The number of aromatic nitrogens is 1. The van der Waals surface area contributed by atoms with E-state index < -0.39 is 11.9 Å². The average Bonchev–Trinajstić information content (AvgIpc) is 3.41. The maximum atomic E-state index is 13.2. The van der Waals surface area contributed by atoms with Gasteiger partial charge in [0.1, 0.15) is 5.75 Å². The van der Waals surface area contributed by atoms with E-state index in [2.05, 4.69) is 21.8 Å². The molecule has 0 aliphatic heterocycles. The number of alkyl halides is 3. The standard InChI is InChI=1S/C25H27F3N2O4.C3H6O2.C2H6/c1-4-7-18-21(11-9-19-23(18)34-30-24(19)25(26,27)28)33-13-6-12-29-20-10-8-16(14-17(20)5-2)15-22(31)32-3;1-3(4)5-2;1-2/h5,8-11,14,29H,2,4,6-7,12-13,15H2,1,3H3;1-2H3;1-2H3. The number of carbonyl (C=O) groups is 2. The van der Waals surface area contributed by atoms with Crippen molar-refractivity contribution in [3.63, 3.8) is 0 Å². The van der Waals surface area contributed by atoms with Gasteiger partial charge in [0.2, 0.25) is 0 Å². The molecule has 0 spiro atoms. The van der Waals surface area contributed by atoms with Crippen LogP contribution in [0.25, 0.3) is 17.0 Å². The Labute approximate surface area is 238 Å². The van der Waals surface area contributed by atoms with E-state index in [1.54, 1.807) is 12.1 Å². The number of nitrogens with zero attached hydrogens (tertiary/aromatic N) is 1. The van der Waals surface area contributed by atoms with Crippen LogP contribution in [0.15, 0.2) is 41.4 Å². The molecule has 0 atom stereocenters. The number of halogens is 3. The molecule has 0 aliphatic rings. The van der Waals surface area contributed by atoms with Crippen LogP contribution in [0.1, 0.15) is 62.9 Å². The van der Waals surface area contributed by atoms with Gasteiger partial charge in [-0.25, -0.2) is 0 Å². The molecule has 0 unspecified atom stereocenters. The van der Waals surface area contributed by atoms with Gasteiger partial charge in [-0.3, -0.25) is 9.59 Å². The van der Waals surface area contributed by atoms with E-state index in [0.717, 1.165) is 23.2 Å². The van der Waals surface area contributed by atoms with E-state index >= 15 is 0 Å². The van der Waals surface area contributed by atoms with Crippen molar-refractivity contribution in [2.75, 3.05) is 32.7 Å². The van der Waals surface area contributed by atoms with Crippen LogP contribution in [-0.2, 0) is 38.1 Å². The molecule has 0 saturated carbocycles. The number of nitrogens with one attached hydrogen (secondary N) is 1. The second-order valence-electron chi connectivity index (χ2n) is 8.40. The fraction of sp³-hybridized carbons (Fsp3) is 0.433. The molecule has 1 N–H and O–H groups in total. The smallest absolute Gasteiger partial charge is 0.437 e. The lowest BCUT2D eigenvalue weighted by molar-refractivity contribution is -0.141. The van der Waals surface area contributed by atoms with Crippen LogP contribution < -0.4 is 10.1 Å². The maximum Gasteiger partial charge on any atom is 0.437 e. The van der Waals surface area contributed by atoms with Crippen LogP contribution in [0, 0.1) is 0 Å². The van der Waals surface area contributed by atoms with Crippen LogP contribution in [0.4, 0.5) is 18.9 Å². The minimum atomic E-state index is -4.58. The van der Waals surface area contributed by atoms with E-state index in [9.17, 15) is 22.8 Å². The summed E-state index contributed by atoms with van der Waals surface area (Å²) in [5, 5.41) is 6.49. The Kier molecular flexibility index (Phi) is 15.0. The molecule has 0 bridgehead atoms. The molecule has 0 amide bonds. The monoisotopic (exact) mass is 580 g/mol. The summed E-state index contributed by atoms with van der Waals surface area (Å²) in [4.78, 5) is 21.1. The fourth-order valence-electron chi connectivity index (χ4n) is 3.64. The minimum absolute atomic E-state index is 0.0578. The van der Waals surface area contributed by atoms with Gasteiger partial charge >= 0.3 is 18.1 Å². The van der Waals surface area contributed by atoms with Crippen molar-refractivity contribution in [2.24, 2.45) is 0 Å². The number of hydrogen-bond acceptors (Lipinski definition) is 8. The molecule has 0 saturated heterocycles. The number of carbonyl (C=O) groups excluding carboxylic acids is 2. The zero-order valence-corrected chi connectivity index (χ0v) is 24.4. The Hall–Kier alpha value is -4.02. The quantitative estimate of drug-likeness (QED) is 0.187. The number of esters is 2. The SMILES string of the molecule is C=Cc1cc(CC(=O)OC)ccc1NCCCOc1ccc2c(C(F)(F)F)noc2c1CCC.CC.COC(C)=O. The first-order chi connectivity index (χ1) is 19.5. The second kappa shape index (κ2) is 17.6. The average molecular weight is 581 g/mol. The molecule has 1 aromatic heterocycles. The molecule has 0 radical (unpaired) electrons. The largest absolute Gasteiger partial charge is 0.493 e. The highest BCUT2D eigenvalue weighted by Crippen LogP contribution is 2.38. The zero-order chi connectivity index (χ0) is 31.0. The number of ether oxygens (including phenoxy) is 3. The van der Waals surface area contributed by atoms with Crippen molar-refractivity contribution >= 4 is 34.7 Å². The molecule has 3 rings (SSSR count). The van der Waals surface area contributed by atoms with Gasteiger partial charge in [0.05, 0.1) is 32.6 Å². The van der Waals surface area contributed by atoms with E-state index in [1.165, 1.54) is 27.2 Å². The molecular formula is C30H39F3N2O6. The normalized spacial score (nSPS) is 10.5. The van der Waals surface area contributed by atoms with Crippen molar-refractivity contribution in [1.29, 1.82) is 0 Å². The Morgan fingerprint density at radius 1 is 1.12 bits per heavy atom. The van der Waals surface area contributed by atoms with Crippen molar-refractivity contribution in [3.8, 4) is 5.75 Å². The number of hydrogen-bond donors (Lipinski definition) is 1. The summed E-state index contributed by atoms with van der Waals surface area (Å²) in [6.07, 6.45) is -0.809. The molecule has 8 nitrogen and oxygen atoms in total. The van der Waals surface area contributed by atoms with Gasteiger partial charge in [0.15, 0.2) is 11.3 Å². The molecule has 11 heteroatoms. The highest BCUT2D eigenvalue weighted by Gasteiger charge is 2.37. The van der Waals surface area contributed by atoms with Crippen molar-refractivity contribution in [1.82, 2.24) is 5.16 Å². The first kappa shape index (κ1) is 35.0. The number of methoxy groups -OCH3 is 2. The van der Waals surface area contributed by atoms with Crippen LogP contribution in [0.5, 0.6) is 5.75 Å². The van der Waals surface area contributed by atoms with Crippen molar-refractivity contribution < 1.29 is 41.5 Å². The number of rotatable bonds is 11. The van der Waals surface area contributed by atoms with E-state index in [0.29, 0.717) is 37.3 Å². The maximum absolute atomic E-state index is 13.2. The summed E-state index contributed by atoms with van der Waals surface area (Å²) in [5.74, 6) is -0.0587. The van der Waals surface area contributed by atoms with E-state index in [4.69, 9.17) is 14.0 Å². The predicted molar refractivity (Wildman–Crippen MR) is 153 cm³/mol. The summed E-state index contributed by atoms with van der Waals surface area (Å²) in [7, 11) is 2.70. The summed E-state index contributed by atoms with van der Waals surface area (Å²) < 4.78 is 59.2. The summed E-state index contributed by atoms with van der Waals surface area (Å²) in [6, 6.07) is 8.49. The van der Waals surface area contributed by atoms with Gasteiger partial charge in [-0.2, -0.15) is 13.2 Å². The highest BCUT2D eigenvalue weighted by atomic mass is 19.4. The molecule has 1 heterocycles. The number of benzene rings is 2. The van der Waals surface area contributed by atoms with E-state index in [-0.39, 0.29) is 29.3 Å². The number of fused-ring (bicyclic) bond motifs is 1. The zero-order valence-electron chi connectivity index (χ0n) is 24.4. The molecule has 0 fully saturated rings.